The number of hydrogen-bond acceptors (Lipinski definition) is 3. The maximum atomic E-state index is 10.3. The first-order chi connectivity index (χ1) is 9.43. The second-order valence-corrected chi connectivity index (χ2v) is 5.21. The Morgan fingerprint density at radius 3 is 2.45 bits per heavy atom. The minimum absolute atomic E-state index is 0.179. The van der Waals surface area contributed by atoms with E-state index < -0.39 is 23.6 Å². The Morgan fingerprint density at radius 2 is 1.90 bits per heavy atom. The van der Waals surface area contributed by atoms with Crippen LogP contribution in [0, 0.1) is 5.92 Å². The van der Waals surface area contributed by atoms with E-state index >= 15 is 0 Å². The quantitative estimate of drug-likeness (QED) is 0.533. The number of alkyl halides is 1. The third-order valence-electron chi connectivity index (χ3n) is 3.19. The highest BCUT2D eigenvalue weighted by atomic mass is 35.5. The fourth-order valence-electron chi connectivity index (χ4n) is 1.86. The van der Waals surface area contributed by atoms with Crippen LogP contribution >= 0.6 is 11.6 Å². The van der Waals surface area contributed by atoms with Gasteiger partial charge in [-0.3, -0.25) is 0 Å². The van der Waals surface area contributed by atoms with E-state index in [9.17, 15) is 15.0 Å². The summed E-state index contributed by atoms with van der Waals surface area (Å²) in [6, 6.07) is 8.99. The molecule has 0 saturated carbocycles. The number of rotatable bonds is 7. The molecule has 0 amide bonds. The van der Waals surface area contributed by atoms with Crippen molar-refractivity contribution in [3.8, 4) is 0 Å². The predicted molar refractivity (Wildman–Crippen MR) is 77.6 cm³/mol. The zero-order chi connectivity index (χ0) is 15.1. The fraction of sp³-hybridized carbons (Fsp3) is 0.400. The molecule has 0 bridgehead atoms. The summed E-state index contributed by atoms with van der Waals surface area (Å²) in [5, 5.41) is 27.9. The standard InChI is InChI=1S/C15H19ClO4/c1-10(12(17)8-5-9-13(18)19)14(16)15(20)11-6-3-2-4-7-11/h2-7,9-10,12,14-15,17,20H,8H2,1H3,(H,18,19)/b9-5+. The molecule has 0 aromatic heterocycles. The Kier molecular flexibility index (Phi) is 6.71. The first-order valence-electron chi connectivity index (χ1n) is 6.38. The summed E-state index contributed by atoms with van der Waals surface area (Å²) in [5.41, 5.74) is 0.688. The number of carbonyl (C=O) groups is 1. The molecule has 3 N–H and O–H groups in total. The third kappa shape index (κ3) is 4.96. The zero-order valence-corrected chi connectivity index (χ0v) is 11.9. The van der Waals surface area contributed by atoms with Crippen molar-refractivity contribution in [2.45, 2.75) is 30.9 Å². The minimum Gasteiger partial charge on any atom is -0.478 e. The van der Waals surface area contributed by atoms with Gasteiger partial charge in [0.05, 0.1) is 17.6 Å². The maximum Gasteiger partial charge on any atom is 0.327 e. The van der Waals surface area contributed by atoms with Crippen LogP contribution in [0.1, 0.15) is 25.0 Å². The second kappa shape index (κ2) is 8.04. The van der Waals surface area contributed by atoms with Crippen molar-refractivity contribution in [3.05, 3.63) is 48.0 Å². The van der Waals surface area contributed by atoms with Gasteiger partial charge in [0.1, 0.15) is 0 Å². The Hall–Kier alpha value is -1.36. The summed E-state index contributed by atoms with van der Waals surface area (Å²) in [4.78, 5) is 10.3. The van der Waals surface area contributed by atoms with Crippen molar-refractivity contribution >= 4 is 17.6 Å². The van der Waals surface area contributed by atoms with E-state index in [1.165, 1.54) is 6.08 Å². The summed E-state index contributed by atoms with van der Waals surface area (Å²) in [5.74, 6) is -1.44. The Morgan fingerprint density at radius 1 is 1.30 bits per heavy atom. The van der Waals surface area contributed by atoms with Crippen molar-refractivity contribution < 1.29 is 20.1 Å². The summed E-state index contributed by atoms with van der Waals surface area (Å²) >= 11 is 6.20. The molecule has 0 radical (unpaired) electrons. The summed E-state index contributed by atoms with van der Waals surface area (Å²) in [7, 11) is 0. The average Bonchev–Trinajstić information content (AvgIpc) is 2.45. The van der Waals surface area contributed by atoms with Gasteiger partial charge >= 0.3 is 5.97 Å². The van der Waals surface area contributed by atoms with E-state index in [4.69, 9.17) is 16.7 Å². The lowest BCUT2D eigenvalue weighted by Gasteiger charge is -2.26. The van der Waals surface area contributed by atoms with Gasteiger partial charge in [-0.05, 0) is 12.0 Å². The van der Waals surface area contributed by atoms with Crippen LogP contribution in [0.4, 0.5) is 0 Å². The van der Waals surface area contributed by atoms with Gasteiger partial charge in [-0.2, -0.15) is 0 Å². The predicted octanol–water partition coefficient (Wildman–Crippen LogP) is 2.36. The van der Waals surface area contributed by atoms with Gasteiger partial charge in [0.2, 0.25) is 0 Å². The Balaban J connectivity index is 2.61. The molecule has 0 aliphatic heterocycles. The van der Waals surface area contributed by atoms with E-state index in [2.05, 4.69) is 0 Å². The molecule has 0 spiro atoms. The summed E-state index contributed by atoms with van der Waals surface area (Å²) < 4.78 is 0. The number of aliphatic hydroxyl groups excluding tert-OH is 2. The van der Waals surface area contributed by atoms with E-state index in [0.717, 1.165) is 6.08 Å². The number of aliphatic hydroxyl groups is 2. The first-order valence-corrected chi connectivity index (χ1v) is 6.81. The van der Waals surface area contributed by atoms with E-state index in [1.807, 2.05) is 6.07 Å². The molecule has 0 aliphatic carbocycles. The molecule has 4 atom stereocenters. The molecule has 0 fully saturated rings. The molecule has 1 rings (SSSR count). The van der Waals surface area contributed by atoms with Gasteiger partial charge in [0.25, 0.3) is 0 Å². The highest BCUT2D eigenvalue weighted by Crippen LogP contribution is 2.29. The summed E-state index contributed by atoms with van der Waals surface area (Å²) in [6.07, 6.45) is 0.838. The fourth-order valence-corrected chi connectivity index (χ4v) is 2.17. The molecule has 0 aliphatic rings. The Bertz CT molecular complexity index is 446. The molecule has 0 heterocycles. The smallest absolute Gasteiger partial charge is 0.327 e. The normalized spacial score (nSPS) is 17.6. The molecule has 1 aromatic carbocycles. The minimum atomic E-state index is -1.06. The zero-order valence-electron chi connectivity index (χ0n) is 11.2. The molecule has 5 heteroatoms. The summed E-state index contributed by atoms with van der Waals surface area (Å²) in [6.45, 7) is 1.73. The van der Waals surface area contributed by atoms with Crippen LogP contribution in [0.25, 0.3) is 0 Å². The SMILES string of the molecule is CC(C(O)C/C=C/C(=O)O)C(Cl)C(O)c1ccccc1. The van der Waals surface area contributed by atoms with Crippen LogP contribution in [-0.4, -0.2) is 32.8 Å². The van der Waals surface area contributed by atoms with Crippen molar-refractivity contribution in [2.75, 3.05) is 0 Å². The number of halogens is 1. The largest absolute Gasteiger partial charge is 0.478 e. The van der Waals surface area contributed by atoms with E-state index in [1.54, 1.807) is 31.2 Å². The van der Waals surface area contributed by atoms with Gasteiger partial charge in [-0.25, -0.2) is 4.79 Å². The van der Waals surface area contributed by atoms with Crippen molar-refractivity contribution in [1.82, 2.24) is 0 Å². The Labute approximate surface area is 123 Å². The monoisotopic (exact) mass is 298 g/mol. The van der Waals surface area contributed by atoms with Gasteiger partial charge in [0, 0.05) is 12.0 Å². The van der Waals surface area contributed by atoms with Crippen LogP contribution in [0.3, 0.4) is 0 Å². The molecule has 0 saturated heterocycles. The molecule has 20 heavy (non-hydrogen) atoms. The van der Waals surface area contributed by atoms with Crippen LogP contribution in [0.2, 0.25) is 0 Å². The highest BCUT2D eigenvalue weighted by Gasteiger charge is 2.28. The van der Waals surface area contributed by atoms with Crippen LogP contribution in [0.5, 0.6) is 0 Å². The number of carboxylic acid groups (broad SMARTS) is 1. The molecule has 4 nitrogen and oxygen atoms in total. The number of aliphatic carboxylic acids is 1. The molecule has 1 aromatic rings. The van der Waals surface area contributed by atoms with E-state index in [-0.39, 0.29) is 12.3 Å². The topological polar surface area (TPSA) is 77.8 Å². The molecular formula is C15H19ClO4. The lowest BCUT2D eigenvalue weighted by molar-refractivity contribution is -0.131. The molecule has 110 valence electrons. The third-order valence-corrected chi connectivity index (χ3v) is 3.83. The van der Waals surface area contributed by atoms with Gasteiger partial charge < -0.3 is 15.3 Å². The maximum absolute atomic E-state index is 10.3. The second-order valence-electron chi connectivity index (χ2n) is 4.70. The lowest BCUT2D eigenvalue weighted by Crippen LogP contribution is -2.30. The van der Waals surface area contributed by atoms with Crippen LogP contribution < -0.4 is 0 Å². The number of carboxylic acids is 1. The van der Waals surface area contributed by atoms with Gasteiger partial charge in [0.15, 0.2) is 0 Å². The average molecular weight is 299 g/mol. The van der Waals surface area contributed by atoms with Crippen LogP contribution in [-0.2, 0) is 4.79 Å². The molecule has 4 unspecified atom stereocenters. The first kappa shape index (κ1) is 16.7. The highest BCUT2D eigenvalue weighted by molar-refractivity contribution is 6.21. The van der Waals surface area contributed by atoms with E-state index in [0.29, 0.717) is 5.56 Å². The van der Waals surface area contributed by atoms with Crippen molar-refractivity contribution in [1.29, 1.82) is 0 Å². The van der Waals surface area contributed by atoms with Gasteiger partial charge in [-0.1, -0.05) is 43.3 Å². The number of hydrogen-bond donors (Lipinski definition) is 3. The van der Waals surface area contributed by atoms with Gasteiger partial charge in [-0.15, -0.1) is 11.6 Å². The van der Waals surface area contributed by atoms with Crippen molar-refractivity contribution in [2.24, 2.45) is 5.92 Å². The lowest BCUT2D eigenvalue weighted by atomic mass is 9.92. The van der Waals surface area contributed by atoms with Crippen molar-refractivity contribution in [3.63, 3.8) is 0 Å². The molecular weight excluding hydrogens is 280 g/mol. The van der Waals surface area contributed by atoms with Crippen LogP contribution in [0.15, 0.2) is 42.5 Å². The number of benzene rings is 1.